The lowest BCUT2D eigenvalue weighted by atomic mass is 9.47. The van der Waals surface area contributed by atoms with Gasteiger partial charge in [0.25, 0.3) is 0 Å². The Morgan fingerprint density at radius 1 is 1.04 bits per heavy atom. The second-order valence-electron chi connectivity index (χ2n) is 9.25. The molecule has 0 aromatic carbocycles. The van der Waals surface area contributed by atoms with Crippen molar-refractivity contribution in [3.8, 4) is 0 Å². The molecule has 2 nitrogen and oxygen atoms in total. The van der Waals surface area contributed by atoms with Crippen LogP contribution in [0.3, 0.4) is 0 Å². The fraction of sp³-hybridized carbons (Fsp3) is 0.810. The van der Waals surface area contributed by atoms with E-state index in [1.54, 1.807) is 6.92 Å². The van der Waals surface area contributed by atoms with Crippen LogP contribution in [0.2, 0.25) is 0 Å². The lowest BCUT2D eigenvalue weighted by Gasteiger charge is -2.58. The average Bonchev–Trinajstić information content (AvgIpc) is 2.85. The largest absolute Gasteiger partial charge is 0.300 e. The Kier molecular flexibility index (Phi) is 3.42. The van der Waals surface area contributed by atoms with Crippen LogP contribution in [-0.2, 0) is 9.59 Å². The monoisotopic (exact) mass is 314 g/mol. The van der Waals surface area contributed by atoms with E-state index in [2.05, 4.69) is 13.8 Å². The van der Waals surface area contributed by atoms with Crippen LogP contribution in [0.1, 0.15) is 72.1 Å². The van der Waals surface area contributed by atoms with Crippen molar-refractivity contribution in [2.75, 3.05) is 0 Å². The SMILES string of the molecule is CC(=O)[C@H]1CC[C@H]2[C@@H]3CCC4=CC(=O)CC[C@]4(C)C3CC[C@]12C. The molecule has 0 radical (unpaired) electrons. The van der Waals surface area contributed by atoms with Crippen molar-refractivity contribution in [2.24, 2.45) is 34.5 Å². The molecular weight excluding hydrogens is 284 g/mol. The van der Waals surface area contributed by atoms with Gasteiger partial charge in [0.1, 0.15) is 5.78 Å². The van der Waals surface area contributed by atoms with Gasteiger partial charge >= 0.3 is 0 Å². The first-order chi connectivity index (χ1) is 10.9. The topological polar surface area (TPSA) is 34.1 Å². The standard InChI is InChI=1S/C21H30O2/c1-13(22)17-6-7-18-16-5-4-14-12-15(23)8-10-20(14,2)19(16)9-11-21(17,18)3/h12,16-19H,4-11H2,1-3H3/t16-,17+,18-,19?,20-,21+/m0/s1. The Morgan fingerprint density at radius 2 is 1.83 bits per heavy atom. The molecular formula is C21H30O2. The fourth-order valence-corrected chi connectivity index (χ4v) is 7.23. The number of carbonyl (C=O) groups excluding carboxylic acids is 2. The first kappa shape index (κ1) is 15.6. The molecule has 0 amide bonds. The van der Waals surface area contributed by atoms with E-state index in [1.807, 2.05) is 6.08 Å². The van der Waals surface area contributed by atoms with Crippen LogP contribution in [0.25, 0.3) is 0 Å². The van der Waals surface area contributed by atoms with Gasteiger partial charge in [0.15, 0.2) is 5.78 Å². The number of ketones is 2. The predicted molar refractivity (Wildman–Crippen MR) is 90.9 cm³/mol. The Hall–Kier alpha value is -0.920. The van der Waals surface area contributed by atoms with E-state index >= 15 is 0 Å². The molecule has 1 unspecified atom stereocenters. The molecule has 126 valence electrons. The molecule has 0 aromatic heterocycles. The third-order valence-corrected chi connectivity index (χ3v) is 8.45. The zero-order valence-electron chi connectivity index (χ0n) is 14.9. The second kappa shape index (κ2) is 5.04. The van der Waals surface area contributed by atoms with Crippen molar-refractivity contribution in [3.05, 3.63) is 11.6 Å². The number of hydrogen-bond donors (Lipinski definition) is 0. The summed E-state index contributed by atoms with van der Waals surface area (Å²) in [4.78, 5) is 24.0. The summed E-state index contributed by atoms with van der Waals surface area (Å²) in [6, 6.07) is 0. The third-order valence-electron chi connectivity index (χ3n) is 8.45. The zero-order valence-corrected chi connectivity index (χ0v) is 14.9. The number of carbonyl (C=O) groups is 2. The average molecular weight is 314 g/mol. The van der Waals surface area contributed by atoms with Crippen molar-refractivity contribution in [1.82, 2.24) is 0 Å². The summed E-state index contributed by atoms with van der Waals surface area (Å²) < 4.78 is 0. The van der Waals surface area contributed by atoms with Gasteiger partial charge in [0, 0.05) is 12.3 Å². The summed E-state index contributed by atoms with van der Waals surface area (Å²) in [5.41, 5.74) is 1.95. The molecule has 0 spiro atoms. The lowest BCUT2D eigenvalue weighted by molar-refractivity contribution is -0.128. The highest BCUT2D eigenvalue weighted by Gasteiger charge is 2.59. The maximum atomic E-state index is 12.1. The van der Waals surface area contributed by atoms with Crippen LogP contribution in [0, 0.1) is 34.5 Å². The molecule has 0 saturated heterocycles. The Balaban J connectivity index is 1.67. The first-order valence-corrected chi connectivity index (χ1v) is 9.60. The Labute approximate surface area is 140 Å². The summed E-state index contributed by atoms with van der Waals surface area (Å²) in [5.74, 6) is 3.29. The van der Waals surface area contributed by atoms with E-state index in [9.17, 15) is 9.59 Å². The van der Waals surface area contributed by atoms with Crippen LogP contribution in [0.4, 0.5) is 0 Å². The fourth-order valence-electron chi connectivity index (χ4n) is 7.23. The number of fused-ring (bicyclic) bond motifs is 5. The Bertz CT molecular complexity index is 589. The summed E-state index contributed by atoms with van der Waals surface area (Å²) in [5, 5.41) is 0. The van der Waals surface area contributed by atoms with E-state index < -0.39 is 0 Å². The quantitative estimate of drug-likeness (QED) is 0.701. The molecule has 4 aliphatic carbocycles. The summed E-state index contributed by atoms with van der Waals surface area (Å²) in [6.07, 6.45) is 10.9. The molecule has 2 heteroatoms. The van der Waals surface area contributed by atoms with E-state index in [0.29, 0.717) is 17.5 Å². The second-order valence-corrected chi connectivity index (χ2v) is 9.25. The summed E-state index contributed by atoms with van der Waals surface area (Å²) in [6.45, 7) is 6.65. The normalized spacial score (nSPS) is 49.0. The van der Waals surface area contributed by atoms with Crippen LogP contribution in [0.15, 0.2) is 11.6 Å². The zero-order chi connectivity index (χ0) is 16.4. The van der Waals surface area contributed by atoms with Gasteiger partial charge in [-0.15, -0.1) is 0 Å². The minimum absolute atomic E-state index is 0.245. The smallest absolute Gasteiger partial charge is 0.155 e. The molecule has 0 bridgehead atoms. The van der Waals surface area contributed by atoms with Crippen molar-refractivity contribution in [2.45, 2.75) is 72.1 Å². The van der Waals surface area contributed by atoms with Crippen molar-refractivity contribution < 1.29 is 9.59 Å². The molecule has 0 N–H and O–H groups in total. The van der Waals surface area contributed by atoms with Crippen molar-refractivity contribution in [3.63, 3.8) is 0 Å². The van der Waals surface area contributed by atoms with Gasteiger partial charge < -0.3 is 0 Å². The summed E-state index contributed by atoms with van der Waals surface area (Å²) in [7, 11) is 0. The molecule has 3 fully saturated rings. The van der Waals surface area contributed by atoms with Gasteiger partial charge in [-0.1, -0.05) is 19.4 Å². The van der Waals surface area contributed by atoms with Gasteiger partial charge in [0.2, 0.25) is 0 Å². The number of rotatable bonds is 1. The van der Waals surface area contributed by atoms with Gasteiger partial charge in [-0.3, -0.25) is 9.59 Å². The van der Waals surface area contributed by atoms with Crippen LogP contribution in [-0.4, -0.2) is 11.6 Å². The molecule has 0 aromatic rings. The van der Waals surface area contributed by atoms with E-state index in [1.165, 1.54) is 31.3 Å². The lowest BCUT2D eigenvalue weighted by Crippen LogP contribution is -2.51. The van der Waals surface area contributed by atoms with Gasteiger partial charge in [0.05, 0.1) is 0 Å². The Morgan fingerprint density at radius 3 is 2.57 bits per heavy atom. The molecule has 4 aliphatic rings. The van der Waals surface area contributed by atoms with E-state index in [4.69, 9.17) is 0 Å². The predicted octanol–water partition coefficient (Wildman–Crippen LogP) is 4.72. The molecule has 4 rings (SSSR count). The minimum Gasteiger partial charge on any atom is -0.300 e. The first-order valence-electron chi connectivity index (χ1n) is 9.60. The van der Waals surface area contributed by atoms with Crippen LogP contribution >= 0.6 is 0 Å². The van der Waals surface area contributed by atoms with Gasteiger partial charge in [-0.2, -0.15) is 0 Å². The maximum Gasteiger partial charge on any atom is 0.155 e. The number of hydrogen-bond acceptors (Lipinski definition) is 2. The highest BCUT2D eigenvalue weighted by Crippen LogP contribution is 2.66. The van der Waals surface area contributed by atoms with Gasteiger partial charge in [-0.05, 0) is 86.5 Å². The third kappa shape index (κ3) is 2.06. The summed E-state index contributed by atoms with van der Waals surface area (Å²) >= 11 is 0. The maximum absolute atomic E-state index is 12.1. The van der Waals surface area contributed by atoms with Crippen LogP contribution in [0.5, 0.6) is 0 Å². The highest BCUT2D eigenvalue weighted by atomic mass is 16.1. The molecule has 6 atom stereocenters. The highest BCUT2D eigenvalue weighted by molar-refractivity contribution is 5.91. The van der Waals surface area contributed by atoms with Gasteiger partial charge in [-0.25, -0.2) is 0 Å². The molecule has 23 heavy (non-hydrogen) atoms. The minimum atomic E-state index is 0.245. The number of allylic oxidation sites excluding steroid dienone is 1. The van der Waals surface area contributed by atoms with E-state index in [-0.39, 0.29) is 10.8 Å². The van der Waals surface area contributed by atoms with Crippen molar-refractivity contribution in [1.29, 1.82) is 0 Å². The number of Topliss-reactive ketones (excluding diaryl/α,β-unsaturated/α-hetero) is 1. The molecule has 0 heterocycles. The van der Waals surface area contributed by atoms with Crippen LogP contribution < -0.4 is 0 Å². The molecule has 0 aliphatic heterocycles. The van der Waals surface area contributed by atoms with Crippen molar-refractivity contribution >= 4 is 11.6 Å². The van der Waals surface area contributed by atoms with E-state index in [0.717, 1.165) is 43.4 Å². The molecule has 3 saturated carbocycles.